The molecule has 3 rings (SSSR count). The van der Waals surface area contributed by atoms with Crippen LogP contribution in [0.1, 0.15) is 61.3 Å². The molecule has 0 radical (unpaired) electrons. The molecule has 1 amide bonds. The number of morpholine rings is 1. The number of hydrogen-bond donors (Lipinski definition) is 0. The number of aromatic nitrogens is 1. The van der Waals surface area contributed by atoms with Crippen molar-refractivity contribution in [3.8, 4) is 0 Å². The number of hydrogen-bond acceptors (Lipinski definition) is 4. The van der Waals surface area contributed by atoms with Crippen molar-refractivity contribution >= 4 is 5.91 Å². The molecule has 1 saturated carbocycles. The molecular weight excluding hydrogens is 268 g/mol. The molecule has 2 aliphatic rings. The third-order valence-corrected chi connectivity index (χ3v) is 4.39. The Morgan fingerprint density at radius 3 is 2.67 bits per heavy atom. The van der Waals surface area contributed by atoms with Crippen molar-refractivity contribution in [2.24, 2.45) is 5.41 Å². The van der Waals surface area contributed by atoms with Crippen LogP contribution in [0.3, 0.4) is 0 Å². The smallest absolute Gasteiger partial charge is 0.259 e. The molecule has 2 heterocycles. The summed E-state index contributed by atoms with van der Waals surface area (Å²) in [6.45, 7) is 10.1. The van der Waals surface area contributed by atoms with E-state index in [4.69, 9.17) is 9.26 Å². The van der Waals surface area contributed by atoms with Crippen LogP contribution in [0.15, 0.2) is 4.52 Å². The second-order valence-corrected chi connectivity index (χ2v) is 7.25. The van der Waals surface area contributed by atoms with Crippen molar-refractivity contribution < 1.29 is 14.1 Å². The lowest BCUT2D eigenvalue weighted by atomic mass is 9.88. The summed E-state index contributed by atoms with van der Waals surface area (Å²) < 4.78 is 11.1. The fraction of sp³-hybridized carbons (Fsp3) is 0.750. The molecule has 1 aliphatic heterocycles. The highest BCUT2D eigenvalue weighted by molar-refractivity contribution is 5.96. The number of aryl methyl sites for hydroxylation is 1. The Hall–Kier alpha value is -1.36. The zero-order chi connectivity index (χ0) is 15.2. The molecule has 5 heteroatoms. The van der Waals surface area contributed by atoms with Gasteiger partial charge in [0, 0.05) is 19.0 Å². The Morgan fingerprint density at radius 2 is 2.05 bits per heavy atom. The first-order valence-corrected chi connectivity index (χ1v) is 7.75. The van der Waals surface area contributed by atoms with Crippen molar-refractivity contribution in [1.29, 1.82) is 0 Å². The van der Waals surface area contributed by atoms with Crippen LogP contribution in [0.25, 0.3) is 0 Å². The van der Waals surface area contributed by atoms with Gasteiger partial charge in [0.15, 0.2) is 0 Å². The molecular formula is C16H24N2O3. The molecule has 0 N–H and O–H groups in total. The van der Waals surface area contributed by atoms with Crippen LogP contribution < -0.4 is 0 Å². The SMILES string of the molecule is Cc1onc(C2CC2)c1C(=O)N1CCO[C@H](C(C)(C)C)C1. The van der Waals surface area contributed by atoms with Gasteiger partial charge >= 0.3 is 0 Å². The predicted octanol–water partition coefficient (Wildman–Crippen LogP) is 2.75. The van der Waals surface area contributed by atoms with Crippen LogP contribution in [0.5, 0.6) is 0 Å². The third kappa shape index (κ3) is 2.84. The third-order valence-electron chi connectivity index (χ3n) is 4.39. The van der Waals surface area contributed by atoms with E-state index in [1.54, 1.807) is 0 Å². The highest BCUT2D eigenvalue weighted by Gasteiger charge is 2.38. The molecule has 1 atom stereocenters. The van der Waals surface area contributed by atoms with E-state index in [1.807, 2.05) is 11.8 Å². The van der Waals surface area contributed by atoms with E-state index in [0.717, 1.165) is 18.5 Å². The van der Waals surface area contributed by atoms with Crippen LogP contribution in [0.2, 0.25) is 0 Å². The molecule has 0 unspecified atom stereocenters. The average molecular weight is 292 g/mol. The first-order valence-electron chi connectivity index (χ1n) is 7.75. The summed E-state index contributed by atoms with van der Waals surface area (Å²) in [6, 6.07) is 0. The molecule has 1 aromatic rings. The van der Waals surface area contributed by atoms with Crippen LogP contribution in [-0.2, 0) is 4.74 Å². The molecule has 1 aromatic heterocycles. The van der Waals surface area contributed by atoms with Crippen LogP contribution >= 0.6 is 0 Å². The van der Waals surface area contributed by atoms with Gasteiger partial charge in [0.2, 0.25) is 0 Å². The topological polar surface area (TPSA) is 55.6 Å². The molecule has 1 aliphatic carbocycles. The van der Waals surface area contributed by atoms with Gasteiger partial charge in [-0.15, -0.1) is 0 Å². The zero-order valence-corrected chi connectivity index (χ0v) is 13.3. The molecule has 21 heavy (non-hydrogen) atoms. The summed E-state index contributed by atoms with van der Waals surface area (Å²) in [6.07, 6.45) is 2.29. The number of ether oxygens (including phenoxy) is 1. The number of rotatable bonds is 2. The van der Waals surface area contributed by atoms with E-state index >= 15 is 0 Å². The van der Waals surface area contributed by atoms with Crippen molar-refractivity contribution in [3.05, 3.63) is 17.0 Å². The lowest BCUT2D eigenvalue weighted by Crippen LogP contribution is -2.50. The minimum Gasteiger partial charge on any atom is -0.374 e. The minimum absolute atomic E-state index is 0.0297. The molecule has 0 spiro atoms. The van der Waals surface area contributed by atoms with Gasteiger partial charge in [0.1, 0.15) is 11.3 Å². The van der Waals surface area contributed by atoms with Gasteiger partial charge in [-0.3, -0.25) is 4.79 Å². The van der Waals surface area contributed by atoms with Gasteiger partial charge in [-0.25, -0.2) is 0 Å². The Morgan fingerprint density at radius 1 is 1.33 bits per heavy atom. The summed E-state index contributed by atoms with van der Waals surface area (Å²) >= 11 is 0. The monoisotopic (exact) mass is 292 g/mol. The summed E-state index contributed by atoms with van der Waals surface area (Å²) in [7, 11) is 0. The first kappa shape index (κ1) is 14.6. The lowest BCUT2D eigenvalue weighted by molar-refractivity contribution is -0.0707. The molecule has 2 fully saturated rings. The second kappa shape index (κ2) is 5.13. The fourth-order valence-corrected chi connectivity index (χ4v) is 2.80. The van der Waals surface area contributed by atoms with Gasteiger partial charge in [-0.05, 0) is 25.2 Å². The molecule has 5 nitrogen and oxygen atoms in total. The van der Waals surface area contributed by atoms with E-state index in [9.17, 15) is 4.79 Å². The summed E-state index contributed by atoms with van der Waals surface area (Å²) in [5.74, 6) is 1.11. The molecule has 116 valence electrons. The molecule has 1 saturated heterocycles. The number of carbonyl (C=O) groups excluding carboxylic acids is 1. The summed E-state index contributed by atoms with van der Waals surface area (Å²) in [5, 5.41) is 4.11. The van der Waals surface area contributed by atoms with Crippen LogP contribution in [-0.4, -0.2) is 41.8 Å². The van der Waals surface area contributed by atoms with Gasteiger partial charge in [0.05, 0.1) is 18.4 Å². The van der Waals surface area contributed by atoms with E-state index in [0.29, 0.717) is 36.9 Å². The van der Waals surface area contributed by atoms with E-state index in [1.165, 1.54) is 0 Å². The highest BCUT2D eigenvalue weighted by atomic mass is 16.5. The van der Waals surface area contributed by atoms with E-state index in [2.05, 4.69) is 25.9 Å². The normalized spacial score (nSPS) is 23.4. The first-order chi connectivity index (χ1) is 9.88. The van der Waals surface area contributed by atoms with Crippen molar-refractivity contribution in [2.75, 3.05) is 19.7 Å². The minimum atomic E-state index is 0.0297. The molecule has 0 aromatic carbocycles. The van der Waals surface area contributed by atoms with Gasteiger partial charge in [-0.1, -0.05) is 25.9 Å². The van der Waals surface area contributed by atoms with Crippen LogP contribution in [0.4, 0.5) is 0 Å². The largest absolute Gasteiger partial charge is 0.374 e. The Balaban J connectivity index is 1.80. The van der Waals surface area contributed by atoms with E-state index in [-0.39, 0.29) is 17.4 Å². The summed E-state index contributed by atoms with van der Waals surface area (Å²) in [4.78, 5) is 14.8. The number of carbonyl (C=O) groups is 1. The van der Waals surface area contributed by atoms with Crippen molar-refractivity contribution in [2.45, 2.75) is 52.6 Å². The summed E-state index contributed by atoms with van der Waals surface area (Å²) in [5.41, 5.74) is 1.57. The molecule has 0 bridgehead atoms. The van der Waals surface area contributed by atoms with E-state index < -0.39 is 0 Å². The van der Waals surface area contributed by atoms with Gasteiger partial charge < -0.3 is 14.2 Å². The fourth-order valence-electron chi connectivity index (χ4n) is 2.80. The maximum absolute atomic E-state index is 12.9. The quantitative estimate of drug-likeness (QED) is 0.841. The van der Waals surface area contributed by atoms with Gasteiger partial charge in [-0.2, -0.15) is 0 Å². The maximum Gasteiger partial charge on any atom is 0.259 e. The number of nitrogens with zero attached hydrogens (tertiary/aromatic N) is 2. The second-order valence-electron chi connectivity index (χ2n) is 7.25. The van der Waals surface area contributed by atoms with Gasteiger partial charge in [0.25, 0.3) is 5.91 Å². The number of amides is 1. The lowest BCUT2D eigenvalue weighted by Gasteiger charge is -2.39. The standard InChI is InChI=1S/C16H24N2O3/c1-10-13(14(17-21-10)11-5-6-11)15(19)18-7-8-20-12(9-18)16(2,3)4/h11-12H,5-9H2,1-4H3/t12-/m0/s1. The Kier molecular flexibility index (Phi) is 3.56. The predicted molar refractivity (Wildman–Crippen MR) is 78.3 cm³/mol. The highest BCUT2D eigenvalue weighted by Crippen LogP contribution is 2.42. The average Bonchev–Trinajstić information content (AvgIpc) is 3.20. The Labute approximate surface area is 125 Å². The zero-order valence-electron chi connectivity index (χ0n) is 13.3. The van der Waals surface area contributed by atoms with Crippen LogP contribution in [0, 0.1) is 12.3 Å². The maximum atomic E-state index is 12.9. The van der Waals surface area contributed by atoms with Crippen molar-refractivity contribution in [1.82, 2.24) is 10.1 Å². The van der Waals surface area contributed by atoms with Crippen molar-refractivity contribution in [3.63, 3.8) is 0 Å². The Bertz CT molecular complexity index is 540.